The summed E-state index contributed by atoms with van der Waals surface area (Å²) in [5, 5.41) is 6.58. The number of hydrogen-bond donors (Lipinski definition) is 4. The zero-order valence-electron chi connectivity index (χ0n) is 38.7. The number of rotatable bonds is 11. The van der Waals surface area contributed by atoms with Crippen molar-refractivity contribution in [3.8, 4) is 39.5 Å². The van der Waals surface area contributed by atoms with E-state index in [1.807, 2.05) is 60.3 Å². The van der Waals surface area contributed by atoms with E-state index in [4.69, 9.17) is 28.9 Å². The molecule has 4 amide bonds. The molecule has 0 aliphatic carbocycles. The van der Waals surface area contributed by atoms with Crippen LogP contribution in [0.15, 0.2) is 85.2 Å². The van der Waals surface area contributed by atoms with Gasteiger partial charge in [0.1, 0.15) is 29.5 Å². The van der Waals surface area contributed by atoms with E-state index in [1.165, 1.54) is 14.2 Å². The lowest BCUT2D eigenvalue weighted by Gasteiger charge is -2.34. The predicted molar refractivity (Wildman–Crippen MR) is 252 cm³/mol. The van der Waals surface area contributed by atoms with Crippen LogP contribution in [0.2, 0.25) is 0 Å². The van der Waals surface area contributed by atoms with Crippen molar-refractivity contribution < 1.29 is 38.1 Å². The van der Waals surface area contributed by atoms with E-state index in [-0.39, 0.29) is 35.7 Å². The summed E-state index contributed by atoms with van der Waals surface area (Å²) in [4.78, 5) is 72.9. The van der Waals surface area contributed by atoms with Gasteiger partial charge >= 0.3 is 12.2 Å². The van der Waals surface area contributed by atoms with Crippen LogP contribution in [0.1, 0.15) is 87.9 Å². The fraction of sp³-hybridized carbons (Fsp3) is 0.412. The van der Waals surface area contributed by atoms with E-state index in [0.717, 1.165) is 81.7 Å². The lowest BCUT2D eigenvalue weighted by atomic mass is 9.90. The molecule has 3 saturated heterocycles. The average molecular weight is 924 g/mol. The van der Waals surface area contributed by atoms with Gasteiger partial charge in [-0.25, -0.2) is 19.6 Å². The number of carbonyl (C=O) groups is 4. The molecule has 6 aromatic rings. The van der Waals surface area contributed by atoms with Crippen molar-refractivity contribution in [1.82, 2.24) is 44.9 Å². The number of aromatic nitrogens is 5. The molecule has 5 unspecified atom stereocenters. The summed E-state index contributed by atoms with van der Waals surface area (Å²) in [5.74, 6) is 1.65. The van der Waals surface area contributed by atoms with E-state index in [2.05, 4.69) is 73.7 Å². The van der Waals surface area contributed by atoms with Gasteiger partial charge in [-0.2, -0.15) is 0 Å². The van der Waals surface area contributed by atoms with Gasteiger partial charge in [-0.1, -0.05) is 56.3 Å². The summed E-state index contributed by atoms with van der Waals surface area (Å²) in [7, 11) is 2.60. The van der Waals surface area contributed by atoms with E-state index < -0.39 is 30.5 Å². The molecule has 4 aliphatic heterocycles. The maximum atomic E-state index is 14.2. The Morgan fingerprint density at radius 2 is 1.35 bits per heavy atom. The summed E-state index contributed by atoms with van der Waals surface area (Å²) in [6.07, 6.45) is 6.41. The Hall–Kier alpha value is -7.14. The highest BCUT2D eigenvalue weighted by atomic mass is 16.5. The van der Waals surface area contributed by atoms with Gasteiger partial charge in [0.25, 0.3) is 0 Å². The maximum absolute atomic E-state index is 14.2. The van der Waals surface area contributed by atoms with Gasteiger partial charge in [0.2, 0.25) is 18.0 Å². The number of benzene rings is 3. The van der Waals surface area contributed by atoms with Crippen LogP contribution >= 0.6 is 0 Å². The average Bonchev–Trinajstić information content (AvgIpc) is 4.24. The van der Waals surface area contributed by atoms with Crippen LogP contribution in [-0.2, 0) is 23.8 Å². The van der Waals surface area contributed by atoms with Gasteiger partial charge < -0.3 is 53.9 Å². The maximum Gasteiger partial charge on any atom is 0.407 e. The number of methoxy groups -OCH3 is 2. The standard InChI is InChI=1S/C51H57N9O8/c1-29(2)43(56-50(63)65-3)47(61)58-20-8-12-39(58)45-52-27-36(54-45)32-15-17-38-34(24-32)25-41-35-16-14-33(26-42(35)68-49(60(38)41)31-10-6-5-7-11-31)37-28-53-46(55-37)40-13-9-21-59(40)48(62)44(57-51(64)66-4)30-18-22-67-23-19-30/h5-7,10-11,14-17,24-30,39-40,43-44,49H,8-9,12-13,18-23H2,1-4H3,(H,52,54)(H,53,55)(H,56,63)(H,57,64). The molecule has 4 aliphatic rings. The Bertz CT molecular complexity index is 2830. The quantitative estimate of drug-likeness (QED) is 0.0992. The number of carbonyl (C=O) groups excluding carboxylic acids is 4. The summed E-state index contributed by atoms with van der Waals surface area (Å²) in [5.41, 5.74) is 7.43. The van der Waals surface area contributed by atoms with Crippen LogP contribution in [0.25, 0.3) is 44.7 Å². The minimum Gasteiger partial charge on any atom is -0.465 e. The minimum atomic E-state index is -0.716. The molecule has 0 spiro atoms. The minimum absolute atomic E-state index is 0.0547. The Kier molecular flexibility index (Phi) is 12.4. The van der Waals surface area contributed by atoms with E-state index in [9.17, 15) is 19.2 Å². The first-order chi connectivity index (χ1) is 33.1. The van der Waals surface area contributed by atoms with Gasteiger partial charge in [0.05, 0.1) is 61.3 Å². The first-order valence-electron chi connectivity index (χ1n) is 23.6. The molecule has 17 nitrogen and oxygen atoms in total. The van der Waals surface area contributed by atoms with Crippen molar-refractivity contribution in [2.75, 3.05) is 40.5 Å². The van der Waals surface area contributed by atoms with E-state index in [0.29, 0.717) is 50.8 Å². The highest BCUT2D eigenvalue weighted by molar-refractivity contribution is 5.93. The zero-order valence-corrected chi connectivity index (χ0v) is 38.7. The number of ether oxygens (including phenoxy) is 4. The molecule has 3 aromatic carbocycles. The number of amides is 4. The topological polar surface area (TPSA) is 198 Å². The predicted octanol–water partition coefficient (Wildman–Crippen LogP) is 7.89. The Morgan fingerprint density at radius 1 is 0.735 bits per heavy atom. The fourth-order valence-electron chi connectivity index (χ4n) is 10.5. The fourth-order valence-corrected chi connectivity index (χ4v) is 10.5. The molecule has 7 heterocycles. The SMILES string of the molecule is COC(=O)NC(C(=O)N1CCCC1c1ncc(-c2ccc3c(c2)cc2n3C(c3ccccc3)Oc3cc(-c4cnc(C5CCCN5C(=O)C(NC(=O)OC)C5CCOCC5)[nH]4)ccc3-2)[nH]1)C(C)C. The number of nitrogens with zero attached hydrogens (tertiary/aromatic N) is 5. The second-order valence-corrected chi connectivity index (χ2v) is 18.4. The van der Waals surface area contributed by atoms with Crippen LogP contribution in [-0.4, -0.2) is 111 Å². The molecular formula is C51H57N9O8. The van der Waals surface area contributed by atoms with Crippen molar-refractivity contribution in [2.45, 2.75) is 82.8 Å². The molecule has 17 heteroatoms. The number of fused-ring (bicyclic) bond motifs is 5. The van der Waals surface area contributed by atoms with E-state index in [1.54, 1.807) is 0 Å². The van der Waals surface area contributed by atoms with Gasteiger partial charge in [-0.3, -0.25) is 9.59 Å². The summed E-state index contributed by atoms with van der Waals surface area (Å²) >= 11 is 0. The molecule has 0 bridgehead atoms. The molecule has 10 rings (SSSR count). The Balaban J connectivity index is 0.925. The zero-order chi connectivity index (χ0) is 47.1. The summed E-state index contributed by atoms with van der Waals surface area (Å²) in [6, 6.07) is 23.0. The van der Waals surface area contributed by atoms with E-state index >= 15 is 0 Å². The lowest BCUT2D eigenvalue weighted by Crippen LogP contribution is -2.53. The lowest BCUT2D eigenvalue weighted by molar-refractivity contribution is -0.137. The number of hydrogen-bond acceptors (Lipinski definition) is 10. The van der Waals surface area contributed by atoms with Gasteiger partial charge in [-0.15, -0.1) is 0 Å². The number of imidazole rings is 2. The molecule has 3 fully saturated rings. The molecule has 354 valence electrons. The molecular weight excluding hydrogens is 867 g/mol. The van der Waals surface area contributed by atoms with Crippen molar-refractivity contribution >= 4 is 34.9 Å². The number of H-pyrrole nitrogens is 2. The number of nitrogens with one attached hydrogen (secondary N) is 4. The smallest absolute Gasteiger partial charge is 0.407 e. The highest BCUT2D eigenvalue weighted by Gasteiger charge is 2.41. The molecule has 0 saturated carbocycles. The molecule has 68 heavy (non-hydrogen) atoms. The molecule has 0 radical (unpaired) electrons. The summed E-state index contributed by atoms with van der Waals surface area (Å²) in [6.45, 7) is 6.03. The van der Waals surface area contributed by atoms with Crippen LogP contribution in [0.5, 0.6) is 5.75 Å². The van der Waals surface area contributed by atoms with Crippen LogP contribution in [0.3, 0.4) is 0 Å². The normalized spacial score (nSPS) is 20.1. The molecule has 4 N–H and O–H groups in total. The largest absolute Gasteiger partial charge is 0.465 e. The van der Waals surface area contributed by atoms with Gasteiger partial charge in [0.15, 0.2) is 0 Å². The van der Waals surface area contributed by atoms with Crippen molar-refractivity contribution in [1.29, 1.82) is 0 Å². The monoisotopic (exact) mass is 923 g/mol. The molecule has 5 atom stereocenters. The second kappa shape index (κ2) is 18.9. The van der Waals surface area contributed by atoms with Gasteiger partial charge in [0, 0.05) is 53.9 Å². The van der Waals surface area contributed by atoms with Crippen molar-refractivity contribution in [3.05, 3.63) is 102 Å². The number of aromatic amines is 2. The second-order valence-electron chi connectivity index (χ2n) is 18.4. The molecule has 3 aromatic heterocycles. The Labute approximate surface area is 393 Å². The van der Waals surface area contributed by atoms with Crippen LogP contribution in [0, 0.1) is 11.8 Å². The first-order valence-corrected chi connectivity index (χ1v) is 23.6. The Morgan fingerprint density at radius 3 is 2.00 bits per heavy atom. The first kappa shape index (κ1) is 44.7. The third kappa shape index (κ3) is 8.43. The summed E-state index contributed by atoms with van der Waals surface area (Å²) < 4.78 is 24.5. The van der Waals surface area contributed by atoms with Crippen LogP contribution in [0.4, 0.5) is 9.59 Å². The highest BCUT2D eigenvalue weighted by Crippen LogP contribution is 2.46. The van der Waals surface area contributed by atoms with Crippen molar-refractivity contribution in [3.63, 3.8) is 0 Å². The third-order valence-corrected chi connectivity index (χ3v) is 14.0. The third-order valence-electron chi connectivity index (χ3n) is 14.0. The van der Waals surface area contributed by atoms with Gasteiger partial charge in [-0.05, 0) is 80.7 Å². The number of likely N-dealkylation sites (tertiary alicyclic amines) is 2. The van der Waals surface area contributed by atoms with Crippen LogP contribution < -0.4 is 15.4 Å². The van der Waals surface area contributed by atoms with Crippen molar-refractivity contribution in [2.24, 2.45) is 11.8 Å². The number of alkyl carbamates (subject to hydrolysis) is 2.